The lowest BCUT2D eigenvalue weighted by atomic mass is 9.99. The molecule has 0 bridgehead atoms. The van der Waals surface area contributed by atoms with Crippen molar-refractivity contribution in [2.75, 3.05) is 11.1 Å². The van der Waals surface area contributed by atoms with Gasteiger partial charge in [-0.25, -0.2) is 4.98 Å². The summed E-state index contributed by atoms with van der Waals surface area (Å²) in [6.07, 6.45) is 5.35. The number of pyridine rings is 2. The van der Waals surface area contributed by atoms with E-state index in [0.717, 1.165) is 46.5 Å². The minimum atomic E-state index is -0.235. The van der Waals surface area contributed by atoms with Gasteiger partial charge in [0.1, 0.15) is 5.82 Å². The second-order valence-corrected chi connectivity index (χ2v) is 7.45. The van der Waals surface area contributed by atoms with Crippen LogP contribution in [0.25, 0.3) is 22.4 Å². The van der Waals surface area contributed by atoms with Crippen molar-refractivity contribution in [3.05, 3.63) is 60.4 Å². The van der Waals surface area contributed by atoms with Crippen LogP contribution in [0.1, 0.15) is 25.3 Å². The predicted molar refractivity (Wildman–Crippen MR) is 108 cm³/mol. The van der Waals surface area contributed by atoms with Gasteiger partial charge in [0.05, 0.1) is 5.69 Å². The van der Waals surface area contributed by atoms with Gasteiger partial charge >= 0.3 is 0 Å². The molecule has 1 amide bonds. The van der Waals surface area contributed by atoms with Crippen molar-refractivity contribution in [2.45, 2.75) is 26.7 Å². The predicted octanol–water partition coefficient (Wildman–Crippen LogP) is 4.44. The Kier molecular flexibility index (Phi) is 4.15. The summed E-state index contributed by atoms with van der Waals surface area (Å²) in [6, 6.07) is 13.7. The zero-order chi connectivity index (χ0) is 19.0. The van der Waals surface area contributed by atoms with Gasteiger partial charge < -0.3 is 11.1 Å². The smallest absolute Gasteiger partial charge is 0.231 e. The van der Waals surface area contributed by atoms with Crippen molar-refractivity contribution >= 4 is 17.4 Å². The molecule has 0 radical (unpaired) electrons. The van der Waals surface area contributed by atoms with E-state index in [1.807, 2.05) is 49.4 Å². The lowest BCUT2D eigenvalue weighted by molar-refractivity contribution is -0.120. The lowest BCUT2D eigenvalue weighted by Gasteiger charge is -2.11. The van der Waals surface area contributed by atoms with E-state index in [1.165, 1.54) is 0 Å². The topological polar surface area (TPSA) is 80.9 Å². The van der Waals surface area contributed by atoms with Gasteiger partial charge in [-0.15, -0.1) is 0 Å². The van der Waals surface area contributed by atoms with Crippen LogP contribution in [0, 0.1) is 12.3 Å². The number of carbonyl (C=O) groups excluding carboxylic acids is 1. The number of nitrogens with one attached hydrogen (secondary N) is 1. The van der Waals surface area contributed by atoms with Crippen LogP contribution >= 0.6 is 0 Å². The molecule has 0 spiro atoms. The average Bonchev–Trinajstić information content (AvgIpc) is 3.43. The fourth-order valence-corrected chi connectivity index (χ4v) is 3.05. The van der Waals surface area contributed by atoms with E-state index in [2.05, 4.69) is 22.2 Å². The number of anilines is 2. The maximum Gasteiger partial charge on any atom is 0.231 e. The van der Waals surface area contributed by atoms with Gasteiger partial charge in [0, 0.05) is 29.1 Å². The second kappa shape index (κ2) is 6.50. The monoisotopic (exact) mass is 358 g/mol. The van der Waals surface area contributed by atoms with Crippen molar-refractivity contribution in [2.24, 2.45) is 5.41 Å². The van der Waals surface area contributed by atoms with E-state index in [-0.39, 0.29) is 11.3 Å². The fraction of sp³-hybridized carbons (Fsp3) is 0.227. The molecule has 3 aromatic rings. The highest BCUT2D eigenvalue weighted by Crippen LogP contribution is 2.45. The number of aryl methyl sites for hydroxylation is 1. The maximum atomic E-state index is 12.3. The zero-order valence-electron chi connectivity index (χ0n) is 15.5. The van der Waals surface area contributed by atoms with Crippen LogP contribution in [0.5, 0.6) is 0 Å². The van der Waals surface area contributed by atoms with Gasteiger partial charge in [-0.1, -0.05) is 13.0 Å². The molecular formula is C22H22N4O. The third-order valence-electron chi connectivity index (χ3n) is 5.18. The number of nitrogens with zero attached hydrogens (tertiary/aromatic N) is 2. The van der Waals surface area contributed by atoms with E-state index in [9.17, 15) is 4.79 Å². The molecule has 1 aliphatic carbocycles. The average molecular weight is 358 g/mol. The largest absolute Gasteiger partial charge is 0.399 e. The lowest BCUT2D eigenvalue weighted by Crippen LogP contribution is -2.21. The third kappa shape index (κ3) is 3.53. The van der Waals surface area contributed by atoms with Gasteiger partial charge in [0.25, 0.3) is 0 Å². The van der Waals surface area contributed by atoms with E-state index in [0.29, 0.717) is 5.82 Å². The molecule has 5 heteroatoms. The molecule has 0 aliphatic heterocycles. The van der Waals surface area contributed by atoms with Crippen LogP contribution in [0.15, 0.2) is 54.9 Å². The van der Waals surface area contributed by atoms with Gasteiger partial charge in [0.15, 0.2) is 0 Å². The molecule has 1 aliphatic rings. The summed E-state index contributed by atoms with van der Waals surface area (Å²) in [7, 11) is 0. The van der Waals surface area contributed by atoms with Crippen LogP contribution in [0.3, 0.4) is 0 Å². The first-order valence-corrected chi connectivity index (χ1v) is 9.05. The maximum absolute atomic E-state index is 12.3. The van der Waals surface area contributed by atoms with E-state index >= 15 is 0 Å². The molecule has 2 aromatic heterocycles. The number of hydrogen-bond donors (Lipinski definition) is 2. The Morgan fingerprint density at radius 1 is 1.04 bits per heavy atom. The number of amides is 1. The van der Waals surface area contributed by atoms with E-state index < -0.39 is 0 Å². The number of benzene rings is 1. The van der Waals surface area contributed by atoms with Crippen molar-refractivity contribution in [1.29, 1.82) is 0 Å². The van der Waals surface area contributed by atoms with Crippen LogP contribution in [-0.4, -0.2) is 15.9 Å². The first kappa shape index (κ1) is 17.2. The Morgan fingerprint density at radius 3 is 2.56 bits per heavy atom. The molecule has 1 aromatic carbocycles. The Morgan fingerprint density at radius 2 is 1.78 bits per heavy atom. The summed E-state index contributed by atoms with van der Waals surface area (Å²) < 4.78 is 0. The summed E-state index contributed by atoms with van der Waals surface area (Å²) in [5, 5.41) is 2.92. The Labute approximate surface area is 158 Å². The molecule has 0 atom stereocenters. The molecular weight excluding hydrogens is 336 g/mol. The highest BCUT2D eigenvalue weighted by atomic mass is 16.2. The quantitative estimate of drug-likeness (QED) is 0.676. The summed E-state index contributed by atoms with van der Waals surface area (Å²) >= 11 is 0. The van der Waals surface area contributed by atoms with Gasteiger partial charge in [-0.3, -0.25) is 9.78 Å². The standard InChI is InChI=1S/C22H22N4O/c1-14-3-4-17(23)13-18(14)15-5-9-24-19(11-15)16-6-10-25-20(12-16)26-21(27)22(2)7-8-22/h3-6,9-13H,7-8,23H2,1-2H3,(H,25,26,27). The van der Waals surface area contributed by atoms with Crippen LogP contribution in [0.4, 0.5) is 11.5 Å². The molecule has 136 valence electrons. The fourth-order valence-electron chi connectivity index (χ4n) is 3.05. The molecule has 3 N–H and O–H groups in total. The minimum Gasteiger partial charge on any atom is -0.399 e. The van der Waals surface area contributed by atoms with E-state index in [1.54, 1.807) is 12.4 Å². The van der Waals surface area contributed by atoms with Gasteiger partial charge in [-0.2, -0.15) is 0 Å². The normalized spacial score (nSPS) is 14.6. The number of hydrogen-bond acceptors (Lipinski definition) is 4. The van der Waals surface area contributed by atoms with Crippen LogP contribution < -0.4 is 11.1 Å². The Balaban J connectivity index is 1.65. The first-order valence-electron chi connectivity index (χ1n) is 9.05. The highest BCUT2D eigenvalue weighted by molar-refractivity contribution is 5.96. The van der Waals surface area contributed by atoms with Crippen LogP contribution in [-0.2, 0) is 4.79 Å². The molecule has 2 heterocycles. The third-order valence-corrected chi connectivity index (χ3v) is 5.18. The summed E-state index contributed by atoms with van der Waals surface area (Å²) in [6.45, 7) is 4.04. The van der Waals surface area contributed by atoms with E-state index in [4.69, 9.17) is 5.73 Å². The van der Waals surface area contributed by atoms with Crippen molar-refractivity contribution in [1.82, 2.24) is 9.97 Å². The number of nitrogen functional groups attached to an aromatic ring is 1. The second-order valence-electron chi connectivity index (χ2n) is 7.45. The molecule has 4 rings (SSSR count). The molecule has 0 saturated heterocycles. The van der Waals surface area contributed by atoms with Crippen molar-refractivity contribution in [3.8, 4) is 22.4 Å². The first-order chi connectivity index (χ1) is 12.9. The molecule has 27 heavy (non-hydrogen) atoms. The summed E-state index contributed by atoms with van der Waals surface area (Å²) in [4.78, 5) is 21.0. The number of carbonyl (C=O) groups is 1. The minimum absolute atomic E-state index is 0.0317. The summed E-state index contributed by atoms with van der Waals surface area (Å²) in [5.41, 5.74) is 11.5. The van der Waals surface area contributed by atoms with Crippen LogP contribution in [0.2, 0.25) is 0 Å². The van der Waals surface area contributed by atoms with Crippen molar-refractivity contribution in [3.63, 3.8) is 0 Å². The zero-order valence-corrected chi connectivity index (χ0v) is 15.5. The highest BCUT2D eigenvalue weighted by Gasteiger charge is 2.44. The Bertz CT molecular complexity index is 1020. The number of aromatic nitrogens is 2. The SMILES string of the molecule is Cc1ccc(N)cc1-c1ccnc(-c2ccnc(NC(=O)C3(C)CC3)c2)c1. The van der Waals surface area contributed by atoms with Gasteiger partial charge in [0.2, 0.25) is 5.91 Å². The van der Waals surface area contributed by atoms with Gasteiger partial charge in [-0.05, 0) is 72.9 Å². The molecule has 5 nitrogen and oxygen atoms in total. The molecule has 1 fully saturated rings. The Hall–Kier alpha value is -3.21. The number of nitrogens with two attached hydrogens (primary N) is 1. The molecule has 0 unspecified atom stereocenters. The summed E-state index contributed by atoms with van der Waals surface area (Å²) in [5.74, 6) is 0.585. The number of rotatable bonds is 4. The van der Waals surface area contributed by atoms with Crippen molar-refractivity contribution < 1.29 is 4.79 Å². The molecule has 1 saturated carbocycles.